The van der Waals surface area contributed by atoms with Crippen LogP contribution in [-0.4, -0.2) is 32.2 Å². The molecular formula is C23H16Cl2N4O2. The van der Waals surface area contributed by atoms with Crippen molar-refractivity contribution in [2.75, 3.05) is 0 Å². The van der Waals surface area contributed by atoms with Crippen molar-refractivity contribution in [1.29, 1.82) is 0 Å². The van der Waals surface area contributed by atoms with E-state index in [-0.39, 0.29) is 5.91 Å². The van der Waals surface area contributed by atoms with Gasteiger partial charge in [-0.15, -0.1) is 11.6 Å². The normalized spacial score (nSPS) is 18.1. The van der Waals surface area contributed by atoms with Crippen molar-refractivity contribution in [3.05, 3.63) is 88.9 Å². The summed E-state index contributed by atoms with van der Waals surface area (Å²) < 4.78 is 0. The Morgan fingerprint density at radius 2 is 1.71 bits per heavy atom. The minimum Gasteiger partial charge on any atom is -0.338 e. The Kier molecular flexibility index (Phi) is 4.88. The summed E-state index contributed by atoms with van der Waals surface area (Å²) in [5.74, 6) is -0.213. The second-order valence-corrected chi connectivity index (χ2v) is 8.10. The van der Waals surface area contributed by atoms with Gasteiger partial charge in [0.2, 0.25) is 0 Å². The molecule has 154 valence electrons. The number of β-lactam (4-membered cyclic amide) rings is 1. The third-order valence-corrected chi connectivity index (χ3v) is 5.96. The lowest BCUT2D eigenvalue weighted by Gasteiger charge is -2.44. The maximum atomic E-state index is 13.1. The molecule has 6 nitrogen and oxygen atoms in total. The van der Waals surface area contributed by atoms with Gasteiger partial charge in [0.05, 0.1) is 16.6 Å². The first kappa shape index (κ1) is 19.6. The Labute approximate surface area is 187 Å². The first-order chi connectivity index (χ1) is 15.0. The highest BCUT2D eigenvalue weighted by molar-refractivity contribution is 6.34. The summed E-state index contributed by atoms with van der Waals surface area (Å²) in [5.41, 5.74) is 6.20. The standard InChI is InChI=1S/C23H16Cl2N4O2/c24-14-11-9-13(10-12-14)20-19(25)23(31)29(20)28-22(30)16-6-2-1-5-15(16)21-26-17-7-3-4-8-18(17)27-21/h1-12,19-20H,(H,26,27)(H,28,30). The third-order valence-electron chi connectivity index (χ3n) is 5.28. The van der Waals surface area contributed by atoms with E-state index >= 15 is 0 Å². The molecule has 1 saturated heterocycles. The Balaban J connectivity index is 1.44. The predicted molar refractivity (Wildman–Crippen MR) is 120 cm³/mol. The molecule has 8 heteroatoms. The Bertz CT molecular complexity index is 1270. The highest BCUT2D eigenvalue weighted by Crippen LogP contribution is 2.37. The van der Waals surface area contributed by atoms with E-state index in [9.17, 15) is 9.59 Å². The number of H-pyrrole nitrogens is 1. The lowest BCUT2D eigenvalue weighted by Crippen LogP contribution is -2.63. The molecule has 2 amide bonds. The van der Waals surface area contributed by atoms with Crippen molar-refractivity contribution in [3.8, 4) is 11.4 Å². The van der Waals surface area contributed by atoms with Crippen LogP contribution in [0.5, 0.6) is 0 Å². The lowest BCUT2D eigenvalue weighted by molar-refractivity contribution is -0.149. The molecule has 31 heavy (non-hydrogen) atoms. The number of hydrazine groups is 1. The fourth-order valence-electron chi connectivity index (χ4n) is 3.69. The van der Waals surface area contributed by atoms with Gasteiger partial charge in [-0.1, -0.05) is 54.1 Å². The Hall–Kier alpha value is -3.35. The number of aromatic amines is 1. The van der Waals surface area contributed by atoms with Crippen LogP contribution in [0.2, 0.25) is 5.02 Å². The van der Waals surface area contributed by atoms with Crippen LogP contribution in [0.25, 0.3) is 22.4 Å². The lowest BCUT2D eigenvalue weighted by atomic mass is 9.95. The molecule has 0 saturated carbocycles. The molecule has 3 aromatic carbocycles. The number of rotatable bonds is 4. The second-order valence-electron chi connectivity index (χ2n) is 7.20. The van der Waals surface area contributed by atoms with Crippen molar-refractivity contribution in [2.24, 2.45) is 0 Å². The van der Waals surface area contributed by atoms with Gasteiger partial charge in [0.25, 0.3) is 11.8 Å². The molecule has 2 N–H and O–H groups in total. The van der Waals surface area contributed by atoms with E-state index in [2.05, 4.69) is 15.4 Å². The molecule has 2 unspecified atom stereocenters. The van der Waals surface area contributed by atoms with E-state index in [4.69, 9.17) is 23.2 Å². The van der Waals surface area contributed by atoms with Crippen LogP contribution in [-0.2, 0) is 4.79 Å². The number of benzene rings is 3. The number of nitrogens with one attached hydrogen (secondary N) is 2. The number of hydrogen-bond donors (Lipinski definition) is 2. The zero-order valence-electron chi connectivity index (χ0n) is 16.0. The van der Waals surface area contributed by atoms with Crippen molar-refractivity contribution in [1.82, 2.24) is 20.4 Å². The molecule has 2 heterocycles. The molecule has 4 aromatic rings. The average molecular weight is 451 g/mol. The van der Waals surface area contributed by atoms with Gasteiger partial charge in [0.15, 0.2) is 0 Å². The van der Waals surface area contributed by atoms with Crippen LogP contribution in [0.3, 0.4) is 0 Å². The van der Waals surface area contributed by atoms with Crippen LogP contribution >= 0.6 is 23.2 Å². The minimum atomic E-state index is -0.757. The monoisotopic (exact) mass is 450 g/mol. The number of para-hydroxylation sites is 2. The number of alkyl halides is 1. The summed E-state index contributed by atoms with van der Waals surface area (Å²) in [7, 11) is 0. The highest BCUT2D eigenvalue weighted by atomic mass is 35.5. The zero-order chi connectivity index (χ0) is 21.5. The summed E-state index contributed by atoms with van der Waals surface area (Å²) in [6.07, 6.45) is 0. The minimum absolute atomic E-state index is 0.365. The topological polar surface area (TPSA) is 78.1 Å². The maximum Gasteiger partial charge on any atom is 0.270 e. The molecule has 1 aromatic heterocycles. The number of imidazole rings is 1. The van der Waals surface area contributed by atoms with E-state index < -0.39 is 17.3 Å². The molecular weight excluding hydrogens is 435 g/mol. The number of nitrogens with zero attached hydrogens (tertiary/aromatic N) is 2. The number of halogens is 2. The molecule has 1 aliphatic rings. The van der Waals surface area contributed by atoms with Gasteiger partial charge in [-0.05, 0) is 35.9 Å². The second kappa shape index (κ2) is 7.72. The molecule has 5 rings (SSSR count). The smallest absolute Gasteiger partial charge is 0.270 e. The largest absolute Gasteiger partial charge is 0.338 e. The van der Waals surface area contributed by atoms with Crippen molar-refractivity contribution in [2.45, 2.75) is 11.4 Å². The van der Waals surface area contributed by atoms with Gasteiger partial charge in [-0.3, -0.25) is 15.0 Å². The first-order valence-electron chi connectivity index (χ1n) is 9.60. The van der Waals surface area contributed by atoms with Crippen molar-refractivity contribution in [3.63, 3.8) is 0 Å². The quantitative estimate of drug-likeness (QED) is 0.348. The Morgan fingerprint density at radius 1 is 1.00 bits per heavy atom. The maximum absolute atomic E-state index is 13.1. The third kappa shape index (κ3) is 3.44. The van der Waals surface area contributed by atoms with Crippen LogP contribution in [0.1, 0.15) is 22.0 Å². The summed E-state index contributed by atoms with van der Waals surface area (Å²) in [4.78, 5) is 33.3. The van der Waals surface area contributed by atoms with E-state index in [0.717, 1.165) is 16.6 Å². The van der Waals surface area contributed by atoms with Crippen LogP contribution in [0.15, 0.2) is 72.8 Å². The Morgan fingerprint density at radius 3 is 2.48 bits per heavy atom. The molecule has 0 radical (unpaired) electrons. The molecule has 0 bridgehead atoms. The number of carbonyl (C=O) groups is 2. The van der Waals surface area contributed by atoms with Gasteiger partial charge < -0.3 is 4.98 Å². The van der Waals surface area contributed by atoms with Crippen molar-refractivity contribution < 1.29 is 9.59 Å². The van der Waals surface area contributed by atoms with Gasteiger partial charge in [0.1, 0.15) is 17.2 Å². The van der Waals surface area contributed by atoms with E-state index in [0.29, 0.717) is 22.0 Å². The van der Waals surface area contributed by atoms with Gasteiger partial charge in [0, 0.05) is 10.6 Å². The van der Waals surface area contributed by atoms with Crippen LogP contribution in [0, 0.1) is 0 Å². The predicted octanol–water partition coefficient (Wildman–Crippen LogP) is 4.72. The zero-order valence-corrected chi connectivity index (χ0v) is 17.6. The number of hydrogen-bond acceptors (Lipinski definition) is 3. The summed E-state index contributed by atoms with van der Waals surface area (Å²) in [6.45, 7) is 0. The van der Waals surface area contributed by atoms with Gasteiger partial charge in [-0.2, -0.15) is 0 Å². The number of carbonyl (C=O) groups excluding carboxylic acids is 2. The van der Waals surface area contributed by atoms with Gasteiger partial charge in [-0.25, -0.2) is 9.99 Å². The fraction of sp³-hybridized carbons (Fsp3) is 0.0870. The number of fused-ring (bicyclic) bond motifs is 1. The molecule has 2 atom stereocenters. The van der Waals surface area contributed by atoms with Crippen LogP contribution < -0.4 is 5.43 Å². The number of amides is 2. The van der Waals surface area contributed by atoms with E-state index in [1.807, 2.05) is 36.4 Å². The summed E-state index contributed by atoms with van der Waals surface area (Å²) >= 11 is 12.2. The molecule has 0 spiro atoms. The number of aromatic nitrogens is 2. The summed E-state index contributed by atoms with van der Waals surface area (Å²) in [6, 6.07) is 21.3. The van der Waals surface area contributed by atoms with E-state index in [1.165, 1.54) is 5.01 Å². The van der Waals surface area contributed by atoms with Crippen LogP contribution in [0.4, 0.5) is 0 Å². The average Bonchev–Trinajstić information content (AvgIpc) is 3.24. The molecule has 1 aliphatic heterocycles. The molecule has 1 fully saturated rings. The SMILES string of the molecule is O=C(NN1C(=O)C(Cl)C1c1ccc(Cl)cc1)c1ccccc1-c1nc2ccccc2[nH]1. The first-order valence-corrected chi connectivity index (χ1v) is 10.4. The molecule has 0 aliphatic carbocycles. The summed E-state index contributed by atoms with van der Waals surface area (Å²) in [5, 5.41) is 1.08. The van der Waals surface area contributed by atoms with Crippen molar-refractivity contribution >= 4 is 46.0 Å². The van der Waals surface area contributed by atoms with Gasteiger partial charge >= 0.3 is 0 Å². The van der Waals surface area contributed by atoms with E-state index in [1.54, 1.807) is 36.4 Å². The highest BCUT2D eigenvalue weighted by Gasteiger charge is 2.48. The fourth-order valence-corrected chi connectivity index (χ4v) is 4.18.